The number of hydrogen-bond acceptors (Lipinski definition) is 3. The number of rotatable bonds is 8. The molecule has 19 heavy (non-hydrogen) atoms. The van der Waals surface area contributed by atoms with Crippen molar-refractivity contribution in [1.82, 2.24) is 5.32 Å². The second-order valence-electron chi connectivity index (χ2n) is 5.16. The minimum atomic E-state index is 0.334. The van der Waals surface area contributed by atoms with Gasteiger partial charge < -0.3 is 14.8 Å². The summed E-state index contributed by atoms with van der Waals surface area (Å²) in [6, 6.07) is 8.60. The van der Waals surface area contributed by atoms with Crippen LogP contribution in [-0.4, -0.2) is 25.3 Å². The number of ether oxygens (including phenoxy) is 2. The molecule has 1 N–H and O–H groups in total. The Morgan fingerprint density at radius 3 is 2.53 bits per heavy atom. The van der Waals surface area contributed by atoms with Crippen molar-refractivity contribution in [3.63, 3.8) is 0 Å². The molecule has 2 rings (SSSR count). The van der Waals surface area contributed by atoms with E-state index in [0.717, 1.165) is 43.9 Å². The minimum absolute atomic E-state index is 0.334. The summed E-state index contributed by atoms with van der Waals surface area (Å²) >= 11 is 0. The Kier molecular flexibility index (Phi) is 5.52. The predicted molar refractivity (Wildman–Crippen MR) is 78.0 cm³/mol. The number of hydrogen-bond donors (Lipinski definition) is 1. The molecule has 0 bridgehead atoms. The highest BCUT2D eigenvalue weighted by atomic mass is 16.5. The maximum Gasteiger partial charge on any atom is 0.161 e. The first-order valence-corrected chi connectivity index (χ1v) is 7.45. The minimum Gasteiger partial charge on any atom is -0.490 e. The molecule has 1 aliphatic carbocycles. The van der Waals surface area contributed by atoms with Gasteiger partial charge in [0.25, 0.3) is 0 Å². The summed E-state index contributed by atoms with van der Waals surface area (Å²) in [7, 11) is 0. The molecule has 0 saturated heterocycles. The molecule has 1 aliphatic rings. The van der Waals surface area contributed by atoms with Crippen molar-refractivity contribution >= 4 is 0 Å². The summed E-state index contributed by atoms with van der Waals surface area (Å²) in [6.45, 7) is 6.15. The lowest BCUT2D eigenvalue weighted by molar-refractivity contribution is 0.0813. The average molecular weight is 263 g/mol. The fourth-order valence-corrected chi connectivity index (χ4v) is 2.24. The summed E-state index contributed by atoms with van der Waals surface area (Å²) in [4.78, 5) is 0. The molecule has 0 atom stereocenters. The van der Waals surface area contributed by atoms with E-state index in [-0.39, 0.29) is 0 Å². The molecule has 0 spiro atoms. The van der Waals surface area contributed by atoms with E-state index in [1.54, 1.807) is 0 Å². The van der Waals surface area contributed by atoms with Gasteiger partial charge in [-0.15, -0.1) is 0 Å². The second kappa shape index (κ2) is 7.39. The van der Waals surface area contributed by atoms with E-state index in [0.29, 0.717) is 12.1 Å². The molecule has 1 aromatic carbocycles. The van der Waals surface area contributed by atoms with Gasteiger partial charge in [0.2, 0.25) is 0 Å². The molecule has 0 unspecified atom stereocenters. The van der Waals surface area contributed by atoms with Crippen LogP contribution in [-0.2, 0) is 0 Å². The van der Waals surface area contributed by atoms with Gasteiger partial charge >= 0.3 is 0 Å². The first-order valence-electron chi connectivity index (χ1n) is 7.45. The smallest absolute Gasteiger partial charge is 0.161 e. The van der Waals surface area contributed by atoms with Crippen LogP contribution in [0.5, 0.6) is 11.5 Å². The third-order valence-electron chi connectivity index (χ3n) is 3.38. The normalized spacial score (nSPS) is 21.8. The molecule has 1 saturated carbocycles. The SMILES string of the molecule is CCCNC1CC(Oc2ccccc2OCCC)C1. The van der Waals surface area contributed by atoms with Gasteiger partial charge in [0.05, 0.1) is 6.61 Å². The lowest BCUT2D eigenvalue weighted by Crippen LogP contribution is -2.47. The molecular formula is C16H25NO2. The van der Waals surface area contributed by atoms with Gasteiger partial charge in [-0.2, -0.15) is 0 Å². The van der Waals surface area contributed by atoms with Crippen LogP contribution in [0.15, 0.2) is 24.3 Å². The van der Waals surface area contributed by atoms with Crippen LogP contribution >= 0.6 is 0 Å². The Morgan fingerprint density at radius 2 is 1.84 bits per heavy atom. The van der Waals surface area contributed by atoms with Gasteiger partial charge in [0, 0.05) is 6.04 Å². The van der Waals surface area contributed by atoms with Crippen LogP contribution in [0.4, 0.5) is 0 Å². The second-order valence-corrected chi connectivity index (χ2v) is 5.16. The van der Waals surface area contributed by atoms with Crippen molar-refractivity contribution in [2.75, 3.05) is 13.2 Å². The fraction of sp³-hybridized carbons (Fsp3) is 0.625. The summed E-state index contributed by atoms with van der Waals surface area (Å²) in [5.41, 5.74) is 0. The maximum absolute atomic E-state index is 6.02. The van der Waals surface area contributed by atoms with Gasteiger partial charge in [0.1, 0.15) is 6.10 Å². The number of benzene rings is 1. The van der Waals surface area contributed by atoms with Crippen LogP contribution in [0.2, 0.25) is 0 Å². The van der Waals surface area contributed by atoms with Crippen LogP contribution in [0.3, 0.4) is 0 Å². The predicted octanol–water partition coefficient (Wildman–Crippen LogP) is 3.38. The third kappa shape index (κ3) is 4.13. The van der Waals surface area contributed by atoms with E-state index in [1.165, 1.54) is 6.42 Å². The topological polar surface area (TPSA) is 30.5 Å². The Bertz CT molecular complexity index is 375. The molecule has 0 radical (unpaired) electrons. The van der Waals surface area contributed by atoms with Crippen molar-refractivity contribution in [3.8, 4) is 11.5 Å². The lowest BCUT2D eigenvalue weighted by Gasteiger charge is -2.36. The van der Waals surface area contributed by atoms with E-state index in [2.05, 4.69) is 19.2 Å². The van der Waals surface area contributed by atoms with Crippen molar-refractivity contribution in [1.29, 1.82) is 0 Å². The van der Waals surface area contributed by atoms with E-state index in [9.17, 15) is 0 Å². The van der Waals surface area contributed by atoms with Gasteiger partial charge in [0.15, 0.2) is 11.5 Å². The molecule has 0 aliphatic heterocycles. The first kappa shape index (κ1) is 14.2. The summed E-state index contributed by atoms with van der Waals surface area (Å²) in [5.74, 6) is 1.75. The largest absolute Gasteiger partial charge is 0.490 e. The monoisotopic (exact) mass is 263 g/mol. The summed E-state index contributed by atoms with van der Waals surface area (Å²) < 4.78 is 11.7. The molecule has 0 heterocycles. The van der Waals surface area contributed by atoms with E-state index < -0.39 is 0 Å². The molecule has 0 amide bonds. The van der Waals surface area contributed by atoms with Crippen molar-refractivity contribution in [2.24, 2.45) is 0 Å². The quantitative estimate of drug-likeness (QED) is 0.780. The van der Waals surface area contributed by atoms with E-state index in [1.807, 2.05) is 24.3 Å². The zero-order valence-corrected chi connectivity index (χ0v) is 12.0. The highest BCUT2D eigenvalue weighted by Gasteiger charge is 2.30. The van der Waals surface area contributed by atoms with Crippen LogP contribution in [0.1, 0.15) is 39.5 Å². The summed E-state index contributed by atoms with van der Waals surface area (Å²) in [6.07, 6.45) is 4.74. The number of para-hydroxylation sites is 2. The molecule has 3 nitrogen and oxygen atoms in total. The molecule has 106 valence electrons. The van der Waals surface area contributed by atoms with Gasteiger partial charge in [-0.05, 0) is 44.4 Å². The highest BCUT2D eigenvalue weighted by Crippen LogP contribution is 2.32. The molecule has 1 aromatic rings. The Hall–Kier alpha value is -1.22. The fourth-order valence-electron chi connectivity index (χ4n) is 2.24. The zero-order chi connectivity index (χ0) is 13.5. The van der Waals surface area contributed by atoms with E-state index >= 15 is 0 Å². The van der Waals surface area contributed by atoms with Gasteiger partial charge in [-0.3, -0.25) is 0 Å². The molecule has 3 heteroatoms. The third-order valence-corrected chi connectivity index (χ3v) is 3.38. The average Bonchev–Trinajstić information content (AvgIpc) is 2.40. The first-order chi connectivity index (χ1) is 9.33. The Morgan fingerprint density at radius 1 is 1.11 bits per heavy atom. The molecule has 0 aromatic heterocycles. The summed E-state index contributed by atoms with van der Waals surface area (Å²) in [5, 5.41) is 3.52. The van der Waals surface area contributed by atoms with Crippen LogP contribution in [0.25, 0.3) is 0 Å². The standard InChI is InChI=1S/C16H25NO2/c1-3-9-17-13-11-14(12-13)19-16-8-6-5-7-15(16)18-10-4-2/h5-8,13-14,17H,3-4,9-12H2,1-2H3. The van der Waals surface area contributed by atoms with Crippen LogP contribution in [0, 0.1) is 0 Å². The maximum atomic E-state index is 6.02. The Balaban J connectivity index is 1.80. The molecule has 1 fully saturated rings. The van der Waals surface area contributed by atoms with Gasteiger partial charge in [-0.25, -0.2) is 0 Å². The van der Waals surface area contributed by atoms with E-state index in [4.69, 9.17) is 9.47 Å². The zero-order valence-electron chi connectivity index (χ0n) is 12.0. The van der Waals surface area contributed by atoms with Crippen molar-refractivity contribution in [2.45, 2.75) is 51.7 Å². The molecular weight excluding hydrogens is 238 g/mol. The highest BCUT2D eigenvalue weighted by molar-refractivity contribution is 5.39. The Labute approximate surface area is 116 Å². The number of nitrogens with one attached hydrogen (secondary N) is 1. The van der Waals surface area contributed by atoms with Crippen molar-refractivity contribution in [3.05, 3.63) is 24.3 Å². The van der Waals surface area contributed by atoms with Gasteiger partial charge in [-0.1, -0.05) is 26.0 Å². The lowest BCUT2D eigenvalue weighted by atomic mass is 9.89. The van der Waals surface area contributed by atoms with Crippen LogP contribution < -0.4 is 14.8 Å². The van der Waals surface area contributed by atoms with Crippen molar-refractivity contribution < 1.29 is 9.47 Å².